The minimum absolute atomic E-state index is 0.172. The van der Waals surface area contributed by atoms with Crippen molar-refractivity contribution in [2.24, 2.45) is 0 Å². The van der Waals surface area contributed by atoms with E-state index >= 15 is 0 Å². The van der Waals surface area contributed by atoms with E-state index < -0.39 is 65.2 Å². The van der Waals surface area contributed by atoms with E-state index in [0.717, 1.165) is 24.3 Å². The Hall–Kier alpha value is -2.52. The second-order valence-electron chi connectivity index (χ2n) is 7.95. The first kappa shape index (κ1) is 33.5. The van der Waals surface area contributed by atoms with Crippen LogP contribution in [0.4, 0.5) is 74.6 Å². The van der Waals surface area contributed by atoms with Gasteiger partial charge in [-0.05, 0) is 24.6 Å². The maximum atomic E-state index is 14.4. The molecule has 1 aromatic rings. The highest BCUT2D eigenvalue weighted by molar-refractivity contribution is 5.34. The van der Waals surface area contributed by atoms with Crippen molar-refractivity contribution >= 4 is 0 Å². The Labute approximate surface area is 200 Å². The van der Waals surface area contributed by atoms with Gasteiger partial charge in [0.15, 0.2) is 0 Å². The van der Waals surface area contributed by atoms with E-state index in [9.17, 15) is 74.6 Å². The van der Waals surface area contributed by atoms with E-state index in [1.807, 2.05) is 0 Å². The normalized spacial score (nSPS) is 16.7. The van der Waals surface area contributed by atoms with Crippen molar-refractivity contribution in [1.82, 2.24) is 0 Å². The lowest BCUT2D eigenvalue weighted by Crippen LogP contribution is -2.74. The Morgan fingerprint density at radius 2 is 0.947 bits per heavy atom. The van der Waals surface area contributed by atoms with E-state index in [0.29, 0.717) is 14.0 Å². The Bertz CT molecular complexity index is 1040. The fourth-order valence-corrected chi connectivity index (χ4v) is 2.92. The molecular weight excluding hydrogens is 581 g/mol. The molecule has 0 heterocycles. The first-order valence-electron chi connectivity index (χ1n) is 9.33. The maximum absolute atomic E-state index is 14.4. The predicted molar refractivity (Wildman–Crippen MR) is 90.8 cm³/mol. The van der Waals surface area contributed by atoms with Gasteiger partial charge in [0.05, 0.1) is 23.7 Å². The molecule has 0 aliphatic heterocycles. The molecule has 0 saturated heterocycles. The summed E-state index contributed by atoms with van der Waals surface area (Å²) in [7, 11) is 0.493. The molecule has 1 unspecified atom stereocenters. The summed E-state index contributed by atoms with van der Waals surface area (Å²) in [5.74, 6) is -56.9. The zero-order valence-corrected chi connectivity index (χ0v) is 18.3. The molecule has 0 N–H and O–H groups in total. The van der Waals surface area contributed by atoms with Crippen LogP contribution < -0.4 is 0 Å². The van der Waals surface area contributed by atoms with Crippen molar-refractivity contribution in [3.63, 3.8) is 0 Å². The quantitative estimate of drug-likeness (QED) is 0.259. The van der Waals surface area contributed by atoms with Crippen LogP contribution in [-0.4, -0.2) is 54.7 Å². The minimum Gasteiger partial charge on any atom is -0.374 e. The third-order valence-corrected chi connectivity index (χ3v) is 5.42. The highest BCUT2D eigenvalue weighted by Crippen LogP contribution is 2.64. The van der Waals surface area contributed by atoms with Gasteiger partial charge in [-0.2, -0.15) is 79.9 Å². The van der Waals surface area contributed by atoms with E-state index in [1.165, 1.54) is 6.07 Å². The lowest BCUT2D eigenvalue weighted by Gasteiger charge is -2.44. The molecule has 0 aliphatic rings. The molecule has 0 bridgehead atoms. The average Bonchev–Trinajstić information content (AvgIpc) is 2.77. The van der Waals surface area contributed by atoms with E-state index in [1.54, 1.807) is 0 Å². The Morgan fingerprint density at radius 3 is 1.26 bits per heavy atom. The molecule has 0 saturated carbocycles. The first-order chi connectivity index (χ1) is 16.6. The largest absolute Gasteiger partial charge is 0.460 e. The number of methoxy groups -OCH3 is 1. The number of nitriles is 1. The Morgan fingerprint density at radius 1 is 0.605 bits per heavy atom. The number of hydrogen-bond acceptors (Lipinski definition) is 2. The lowest BCUT2D eigenvalue weighted by molar-refractivity contribution is -0.462. The molecule has 0 radical (unpaired) electrons. The molecule has 0 amide bonds. The number of benzene rings is 1. The SMILES string of the molecule is COC(C)(CC(F)(F)C(F)(F)C(F)(F)C(F)(F)C(F)(F)C(F)(F)C(F)(F)C(F)(F)F)c1ccc(C#N)cc1. The molecule has 1 rings (SSSR count). The molecule has 38 heavy (non-hydrogen) atoms. The number of ether oxygens (including phenoxy) is 1. The first-order valence-corrected chi connectivity index (χ1v) is 9.33. The van der Waals surface area contributed by atoms with Gasteiger partial charge in [-0.1, -0.05) is 12.1 Å². The van der Waals surface area contributed by atoms with Gasteiger partial charge in [0.1, 0.15) is 0 Å². The fourth-order valence-electron chi connectivity index (χ4n) is 2.92. The van der Waals surface area contributed by atoms with Crippen LogP contribution in [-0.2, 0) is 10.3 Å². The highest BCUT2D eigenvalue weighted by atomic mass is 19.4. The fraction of sp³-hybridized carbons (Fsp3) is 0.632. The number of halogens is 17. The molecule has 1 aromatic carbocycles. The Balaban J connectivity index is 3.65. The van der Waals surface area contributed by atoms with Gasteiger partial charge in [-0.25, -0.2) is 0 Å². The summed E-state index contributed by atoms with van der Waals surface area (Å²) in [6.45, 7) is 0.460. The molecule has 1 atom stereocenters. The maximum Gasteiger partial charge on any atom is 0.460 e. The number of alkyl halides is 17. The lowest BCUT2D eigenvalue weighted by atomic mass is 9.83. The van der Waals surface area contributed by atoms with Gasteiger partial charge in [-0.15, -0.1) is 0 Å². The Kier molecular flexibility index (Phi) is 8.20. The van der Waals surface area contributed by atoms with Crippen LogP contribution in [0.25, 0.3) is 0 Å². The van der Waals surface area contributed by atoms with Crippen LogP contribution in [0.3, 0.4) is 0 Å². The predicted octanol–water partition coefficient (Wildman–Crippen LogP) is 7.82. The highest BCUT2D eigenvalue weighted by Gasteiger charge is 2.95. The van der Waals surface area contributed by atoms with Crippen LogP contribution in [0.2, 0.25) is 0 Å². The molecular formula is C19H12F17NO. The standard InChI is InChI=1S/C19H12F17NO/c1-11(38-2,10-5-3-9(7-37)4-6-10)8-12(20,21)13(22,23)14(24,25)15(26,27)16(28,29)17(30,31)18(32,33)19(34,35)36/h3-6H,8H2,1-2H3. The number of nitrogens with zero attached hydrogens (tertiary/aromatic N) is 1. The third-order valence-electron chi connectivity index (χ3n) is 5.42. The average molecular weight is 593 g/mol. The van der Waals surface area contributed by atoms with Gasteiger partial charge in [0.2, 0.25) is 0 Å². The topological polar surface area (TPSA) is 33.0 Å². The van der Waals surface area contributed by atoms with Gasteiger partial charge >= 0.3 is 47.6 Å². The van der Waals surface area contributed by atoms with Crippen molar-refractivity contribution in [3.05, 3.63) is 35.4 Å². The van der Waals surface area contributed by atoms with Crippen LogP contribution in [0.5, 0.6) is 0 Å². The minimum atomic E-state index is -8.68. The summed E-state index contributed by atoms with van der Waals surface area (Å²) in [4.78, 5) is 0. The van der Waals surface area contributed by atoms with Gasteiger partial charge in [0, 0.05) is 7.11 Å². The second kappa shape index (κ2) is 9.30. The molecule has 218 valence electrons. The third kappa shape index (κ3) is 4.62. The van der Waals surface area contributed by atoms with E-state index in [2.05, 4.69) is 4.74 Å². The molecule has 0 aromatic heterocycles. The van der Waals surface area contributed by atoms with Crippen LogP contribution >= 0.6 is 0 Å². The van der Waals surface area contributed by atoms with Crippen LogP contribution in [0.1, 0.15) is 24.5 Å². The summed E-state index contributed by atoms with van der Waals surface area (Å²) in [5.41, 5.74) is -3.66. The summed E-state index contributed by atoms with van der Waals surface area (Å²) >= 11 is 0. The van der Waals surface area contributed by atoms with Crippen LogP contribution in [0.15, 0.2) is 24.3 Å². The molecule has 0 aliphatic carbocycles. The van der Waals surface area contributed by atoms with Crippen molar-refractivity contribution in [1.29, 1.82) is 5.26 Å². The zero-order valence-electron chi connectivity index (χ0n) is 18.3. The van der Waals surface area contributed by atoms with Gasteiger partial charge in [0.25, 0.3) is 0 Å². The summed E-state index contributed by atoms with van der Waals surface area (Å²) < 4.78 is 233. The van der Waals surface area contributed by atoms with Gasteiger partial charge < -0.3 is 4.74 Å². The summed E-state index contributed by atoms with van der Waals surface area (Å²) in [6, 6.07) is 4.71. The number of rotatable bonds is 10. The van der Waals surface area contributed by atoms with Gasteiger partial charge in [-0.3, -0.25) is 0 Å². The zero-order chi connectivity index (χ0) is 30.6. The second-order valence-corrected chi connectivity index (χ2v) is 7.95. The monoisotopic (exact) mass is 593 g/mol. The van der Waals surface area contributed by atoms with Crippen molar-refractivity contribution in [3.8, 4) is 6.07 Å². The summed E-state index contributed by atoms with van der Waals surface area (Å²) in [5, 5.41) is 8.69. The van der Waals surface area contributed by atoms with Crippen molar-refractivity contribution in [2.45, 2.75) is 66.6 Å². The summed E-state index contributed by atoms with van der Waals surface area (Å²) in [6.07, 6.45) is -10.6. The molecule has 0 spiro atoms. The smallest absolute Gasteiger partial charge is 0.374 e. The van der Waals surface area contributed by atoms with Crippen molar-refractivity contribution in [2.75, 3.05) is 7.11 Å². The van der Waals surface area contributed by atoms with E-state index in [-0.39, 0.29) is 5.56 Å². The molecule has 0 fully saturated rings. The molecule has 2 nitrogen and oxygen atoms in total. The van der Waals surface area contributed by atoms with Crippen molar-refractivity contribution < 1.29 is 79.4 Å². The van der Waals surface area contributed by atoms with Crippen LogP contribution in [0, 0.1) is 11.3 Å². The molecule has 19 heteroatoms. The number of hydrogen-bond donors (Lipinski definition) is 0. The van der Waals surface area contributed by atoms with E-state index in [4.69, 9.17) is 5.26 Å².